The largest absolute Gasteiger partial charge is 0.462 e. The molecule has 0 unspecified atom stereocenters. The highest BCUT2D eigenvalue weighted by Crippen LogP contribution is 2.07. The van der Waals surface area contributed by atoms with Crippen molar-refractivity contribution in [3.8, 4) is 0 Å². The Kier molecular flexibility index (Phi) is 7.05. The summed E-state index contributed by atoms with van der Waals surface area (Å²) < 4.78 is 4.55. The maximum Gasteiger partial charge on any atom is 0.293 e. The molecule has 5 heteroatoms. The summed E-state index contributed by atoms with van der Waals surface area (Å²) in [5.74, 6) is 0. The minimum absolute atomic E-state index is 0.318. The molecule has 0 aromatic carbocycles. The van der Waals surface area contributed by atoms with Crippen LogP contribution >= 0.6 is 12.2 Å². The first-order chi connectivity index (χ1) is 7.37. The summed E-state index contributed by atoms with van der Waals surface area (Å²) in [6.07, 6.45) is 3.83. The minimum Gasteiger partial charge on any atom is -0.462 e. The Morgan fingerprint density at radius 1 is 1.31 bits per heavy atom. The Morgan fingerprint density at radius 2 is 1.81 bits per heavy atom. The number of hydrogen-bond acceptors (Lipinski definition) is 3. The van der Waals surface area contributed by atoms with E-state index in [0.29, 0.717) is 11.6 Å². The van der Waals surface area contributed by atoms with Crippen LogP contribution in [0.15, 0.2) is 0 Å². The van der Waals surface area contributed by atoms with Crippen LogP contribution in [0.5, 0.6) is 0 Å². The highest BCUT2D eigenvalue weighted by atomic mass is 32.1. The second-order valence-electron chi connectivity index (χ2n) is 4.71. The molecule has 0 aliphatic carbocycles. The summed E-state index contributed by atoms with van der Waals surface area (Å²) in [6.45, 7) is 8.05. The van der Waals surface area contributed by atoms with Gasteiger partial charge in [-0.1, -0.05) is 0 Å². The molecule has 0 aromatic heterocycles. The molecular weight excluding hydrogens is 224 g/mol. The van der Waals surface area contributed by atoms with E-state index in [-0.39, 0.29) is 5.60 Å². The molecule has 1 saturated heterocycles. The molecule has 1 heterocycles. The molecule has 1 aliphatic heterocycles. The number of likely N-dealkylation sites (tertiary alicyclic amines) is 1. The third-order valence-corrected chi connectivity index (χ3v) is 2.33. The number of carbonyl (C=O) groups excluding carboxylic acids is 1. The van der Waals surface area contributed by atoms with Crippen LogP contribution < -0.4 is 5.73 Å². The van der Waals surface area contributed by atoms with Gasteiger partial charge in [-0.2, -0.15) is 0 Å². The maximum absolute atomic E-state index is 9.60. The number of piperidine rings is 1. The summed E-state index contributed by atoms with van der Waals surface area (Å²) in [6, 6.07) is 0. The molecule has 4 nitrogen and oxygen atoms in total. The quantitative estimate of drug-likeness (QED) is 0.563. The topological polar surface area (TPSA) is 55.6 Å². The van der Waals surface area contributed by atoms with Crippen molar-refractivity contribution >= 4 is 23.8 Å². The van der Waals surface area contributed by atoms with E-state index in [4.69, 9.17) is 18.0 Å². The van der Waals surface area contributed by atoms with Crippen LogP contribution in [-0.4, -0.2) is 35.2 Å². The highest BCUT2D eigenvalue weighted by Gasteiger charge is 2.09. The van der Waals surface area contributed by atoms with Gasteiger partial charge in [0.2, 0.25) is 0 Å². The predicted molar refractivity (Wildman–Crippen MR) is 69.1 cm³/mol. The first-order valence-electron chi connectivity index (χ1n) is 5.52. The van der Waals surface area contributed by atoms with Crippen LogP contribution in [-0.2, 0) is 9.53 Å². The fourth-order valence-corrected chi connectivity index (χ4v) is 1.44. The standard InChI is InChI=1S/C6H12N2S.C5H10O2/c7-6(9)8-4-2-1-3-5-8;1-5(2,3)7-4-6/h1-5H2,(H2,7,9);4H,1-3H3. The summed E-state index contributed by atoms with van der Waals surface area (Å²) in [7, 11) is 0. The van der Waals surface area contributed by atoms with Crippen molar-refractivity contribution in [3.63, 3.8) is 0 Å². The zero-order chi connectivity index (χ0) is 12.6. The Balaban J connectivity index is 0.000000293. The molecule has 1 aliphatic rings. The maximum atomic E-state index is 9.60. The highest BCUT2D eigenvalue weighted by molar-refractivity contribution is 7.80. The molecule has 0 saturated carbocycles. The van der Waals surface area contributed by atoms with Crippen LogP contribution in [0, 0.1) is 0 Å². The van der Waals surface area contributed by atoms with Gasteiger partial charge in [0, 0.05) is 13.1 Å². The average molecular weight is 246 g/mol. The van der Waals surface area contributed by atoms with Crippen molar-refractivity contribution < 1.29 is 9.53 Å². The van der Waals surface area contributed by atoms with E-state index >= 15 is 0 Å². The van der Waals surface area contributed by atoms with E-state index in [1.54, 1.807) is 0 Å². The predicted octanol–water partition coefficient (Wildman–Crippen LogP) is 1.67. The molecule has 0 bridgehead atoms. The van der Waals surface area contributed by atoms with E-state index in [1.807, 2.05) is 20.8 Å². The van der Waals surface area contributed by atoms with Gasteiger partial charge in [0.05, 0.1) is 0 Å². The Labute approximate surface area is 103 Å². The number of carbonyl (C=O) groups is 1. The number of hydrogen-bond donors (Lipinski definition) is 1. The molecule has 0 spiro atoms. The summed E-state index contributed by atoms with van der Waals surface area (Å²) in [5.41, 5.74) is 5.11. The zero-order valence-electron chi connectivity index (χ0n) is 10.4. The average Bonchev–Trinajstić information content (AvgIpc) is 2.18. The Hall–Kier alpha value is -0.840. The Morgan fingerprint density at radius 3 is 2.00 bits per heavy atom. The van der Waals surface area contributed by atoms with Gasteiger partial charge in [0.1, 0.15) is 5.60 Å². The summed E-state index contributed by atoms with van der Waals surface area (Å²) >= 11 is 4.82. The lowest BCUT2D eigenvalue weighted by Gasteiger charge is -2.26. The third-order valence-electron chi connectivity index (χ3n) is 2.07. The lowest BCUT2D eigenvalue weighted by molar-refractivity contribution is -0.138. The van der Waals surface area contributed by atoms with Crippen molar-refractivity contribution in [2.45, 2.75) is 45.6 Å². The zero-order valence-corrected chi connectivity index (χ0v) is 11.2. The van der Waals surface area contributed by atoms with Crippen LogP contribution in [0.1, 0.15) is 40.0 Å². The molecule has 94 valence electrons. The minimum atomic E-state index is -0.318. The molecule has 0 radical (unpaired) electrons. The van der Waals surface area contributed by atoms with Crippen molar-refractivity contribution in [3.05, 3.63) is 0 Å². The monoisotopic (exact) mass is 246 g/mol. The first-order valence-corrected chi connectivity index (χ1v) is 5.93. The van der Waals surface area contributed by atoms with E-state index < -0.39 is 0 Å². The van der Waals surface area contributed by atoms with Crippen molar-refractivity contribution in [1.82, 2.24) is 4.90 Å². The van der Waals surface area contributed by atoms with E-state index in [1.165, 1.54) is 19.3 Å². The van der Waals surface area contributed by atoms with Gasteiger partial charge in [-0.15, -0.1) is 0 Å². The molecule has 16 heavy (non-hydrogen) atoms. The van der Waals surface area contributed by atoms with Gasteiger partial charge >= 0.3 is 0 Å². The number of ether oxygens (including phenoxy) is 1. The fourth-order valence-electron chi connectivity index (χ4n) is 1.26. The van der Waals surface area contributed by atoms with Gasteiger partial charge < -0.3 is 15.4 Å². The van der Waals surface area contributed by atoms with Crippen molar-refractivity contribution in [1.29, 1.82) is 0 Å². The van der Waals surface area contributed by atoms with Crippen LogP contribution in [0.3, 0.4) is 0 Å². The molecule has 0 atom stereocenters. The van der Waals surface area contributed by atoms with E-state index in [0.717, 1.165) is 13.1 Å². The number of rotatable bonds is 1. The normalized spacial score (nSPS) is 15.8. The molecule has 0 aromatic rings. The number of nitrogens with zero attached hydrogens (tertiary/aromatic N) is 1. The van der Waals surface area contributed by atoms with Gasteiger partial charge in [-0.25, -0.2) is 0 Å². The second kappa shape index (κ2) is 7.44. The van der Waals surface area contributed by atoms with Crippen LogP contribution in [0.4, 0.5) is 0 Å². The molecule has 1 rings (SSSR count). The first kappa shape index (κ1) is 15.2. The van der Waals surface area contributed by atoms with Gasteiger partial charge in [-0.3, -0.25) is 4.79 Å². The molecular formula is C11H22N2O2S. The van der Waals surface area contributed by atoms with Crippen LogP contribution in [0.25, 0.3) is 0 Å². The third kappa shape index (κ3) is 8.47. The second-order valence-corrected chi connectivity index (χ2v) is 5.13. The van der Waals surface area contributed by atoms with Gasteiger partial charge in [0.25, 0.3) is 6.47 Å². The summed E-state index contributed by atoms with van der Waals surface area (Å²) in [4.78, 5) is 11.7. The Bertz CT molecular complexity index is 221. The van der Waals surface area contributed by atoms with Gasteiger partial charge in [0.15, 0.2) is 5.11 Å². The van der Waals surface area contributed by atoms with Gasteiger partial charge in [-0.05, 0) is 52.3 Å². The lowest BCUT2D eigenvalue weighted by atomic mass is 10.1. The molecule has 2 N–H and O–H groups in total. The van der Waals surface area contributed by atoms with E-state index in [9.17, 15) is 4.79 Å². The van der Waals surface area contributed by atoms with Crippen LogP contribution in [0.2, 0.25) is 0 Å². The number of nitrogens with two attached hydrogens (primary N) is 1. The van der Waals surface area contributed by atoms with Crippen molar-refractivity contribution in [2.24, 2.45) is 5.73 Å². The SMILES string of the molecule is CC(C)(C)OC=O.NC(=S)N1CCCCC1. The van der Waals surface area contributed by atoms with E-state index in [2.05, 4.69) is 9.64 Å². The lowest BCUT2D eigenvalue weighted by Crippen LogP contribution is -2.39. The fraction of sp³-hybridized carbons (Fsp3) is 0.818. The molecule has 0 amide bonds. The molecule has 1 fully saturated rings. The van der Waals surface area contributed by atoms with Crippen molar-refractivity contribution in [2.75, 3.05) is 13.1 Å². The number of thiocarbonyl (C=S) groups is 1. The summed E-state index contributed by atoms with van der Waals surface area (Å²) in [5, 5.41) is 0.565. The smallest absolute Gasteiger partial charge is 0.293 e.